The number of hydrogen-bond donors (Lipinski definition) is 0. The van der Waals surface area contributed by atoms with Crippen LogP contribution in [0.3, 0.4) is 0 Å². The van der Waals surface area contributed by atoms with Gasteiger partial charge >= 0.3 is 396 Å². The molecule has 4 aliphatic carbocycles. The van der Waals surface area contributed by atoms with Gasteiger partial charge in [-0.3, -0.25) is 0 Å². The Balaban J connectivity index is 1.29. The van der Waals surface area contributed by atoms with E-state index in [-0.39, 0.29) is 7.25 Å². The van der Waals surface area contributed by atoms with Crippen LogP contribution in [0.5, 0.6) is 0 Å². The molecule has 0 saturated heterocycles. The number of fused-ring (bicyclic) bond motifs is 2. The van der Waals surface area contributed by atoms with Crippen molar-refractivity contribution in [2.75, 3.05) is 0 Å². The first kappa shape index (κ1) is 44.3. The number of allylic oxidation sites excluding steroid dienone is 2. The third-order valence-electron chi connectivity index (χ3n) is 16.2. The molecule has 0 radical (unpaired) electrons. The van der Waals surface area contributed by atoms with Crippen LogP contribution in [0.1, 0.15) is 116 Å². The second kappa shape index (κ2) is 17.6. The van der Waals surface area contributed by atoms with Gasteiger partial charge in [-0.15, -0.1) is 0 Å². The van der Waals surface area contributed by atoms with Crippen LogP contribution < -0.4 is 0 Å². The molecule has 2 fully saturated rings. The summed E-state index contributed by atoms with van der Waals surface area (Å²) in [5.74, 6) is -0.565. The van der Waals surface area contributed by atoms with Crippen molar-refractivity contribution < 1.29 is 15.6 Å². The van der Waals surface area contributed by atoms with Crippen molar-refractivity contribution in [1.29, 1.82) is 0 Å². The first-order valence-electron chi connectivity index (χ1n) is 24.5. The topological polar surface area (TPSA) is 0 Å². The number of halogens is 2. The first-order valence-corrected chi connectivity index (χ1v) is 40.8. The van der Waals surface area contributed by atoms with Gasteiger partial charge in [-0.05, 0) is 0 Å². The van der Waals surface area contributed by atoms with Crippen molar-refractivity contribution in [2.24, 2.45) is 11.8 Å². The van der Waals surface area contributed by atoms with Crippen LogP contribution in [-0.2, 0) is 15.6 Å². The van der Waals surface area contributed by atoms with Crippen LogP contribution in [0.2, 0.25) is 13.1 Å². The fraction of sp³-hybridized carbons (Fsp3) is 0.333. The summed E-state index contributed by atoms with van der Waals surface area (Å²) in [5, 5.41) is 0. The van der Waals surface area contributed by atoms with Crippen LogP contribution in [0.25, 0.3) is 56.7 Å². The standard InChI is InChI=1S/2C29H29.C2H7Si.2ClH.Zr/c2*1-20-7-11-24(12-8-20)26-15-16-27(25-13-9-21(2)10-14-25)29-19-23(18-28(26)29)17-22-5-3-4-6-22;1-3-2;;;/h2*7-16,18-19,22H,3-6,17H2,1-2H3;3H,1-2H3;2*1H;/q;;;;;+2/p-2. The summed E-state index contributed by atoms with van der Waals surface area (Å²) in [6.45, 7) is 13.9. The summed E-state index contributed by atoms with van der Waals surface area (Å²) in [5.41, 5.74) is 24.1. The Kier molecular flexibility index (Phi) is 12.2. The van der Waals surface area contributed by atoms with Crippen molar-refractivity contribution in [2.45, 2.75) is 112 Å². The molecule has 4 aliphatic rings. The molecule has 10 rings (SSSR count). The minimum atomic E-state index is -5.37. The molecular weight excluding hydrogens is 911 g/mol. The molecule has 6 aromatic carbocycles. The Morgan fingerprint density at radius 2 is 0.703 bits per heavy atom. The van der Waals surface area contributed by atoms with Crippen LogP contribution in [0.15, 0.2) is 132 Å². The predicted molar refractivity (Wildman–Crippen MR) is 279 cm³/mol. The maximum atomic E-state index is 9.52. The zero-order chi connectivity index (χ0) is 44.4. The van der Waals surface area contributed by atoms with E-state index in [1.54, 1.807) is 0 Å². The van der Waals surface area contributed by atoms with E-state index in [2.05, 4.69) is 174 Å². The van der Waals surface area contributed by atoms with Crippen molar-refractivity contribution in [3.8, 4) is 44.5 Å². The van der Waals surface area contributed by atoms with E-state index in [0.717, 1.165) is 12.8 Å². The predicted octanol–water partition coefficient (Wildman–Crippen LogP) is 18.3. The second-order valence-corrected chi connectivity index (χ2v) is 63.3. The molecule has 0 nitrogen and oxygen atoms in total. The summed E-state index contributed by atoms with van der Waals surface area (Å²) >= 11 is -5.37. The number of aryl methyl sites for hydroxylation is 4. The van der Waals surface area contributed by atoms with E-state index < -0.39 is 21.5 Å². The van der Waals surface area contributed by atoms with Gasteiger partial charge in [0.1, 0.15) is 0 Å². The fourth-order valence-corrected chi connectivity index (χ4v) is 43.7. The van der Waals surface area contributed by atoms with Crippen LogP contribution in [-0.4, -0.2) is 5.92 Å². The van der Waals surface area contributed by atoms with Gasteiger partial charge in [-0.2, -0.15) is 0 Å². The monoisotopic (exact) mass is 973 g/mol. The van der Waals surface area contributed by atoms with Crippen molar-refractivity contribution in [1.82, 2.24) is 0 Å². The number of hydrogen-bond acceptors (Lipinski definition) is 0. The molecule has 0 spiro atoms. The average molecular weight is 976 g/mol. The van der Waals surface area contributed by atoms with E-state index >= 15 is 0 Å². The number of benzene rings is 6. The molecule has 64 heavy (non-hydrogen) atoms. The Morgan fingerprint density at radius 1 is 0.422 bits per heavy atom. The molecule has 0 bridgehead atoms. The summed E-state index contributed by atoms with van der Waals surface area (Å²) in [6, 6.07) is 46.6. The summed E-state index contributed by atoms with van der Waals surface area (Å²) in [4.78, 5) is 0. The van der Waals surface area contributed by atoms with Crippen molar-refractivity contribution in [3.63, 3.8) is 0 Å². The van der Waals surface area contributed by atoms with Gasteiger partial charge in [0, 0.05) is 0 Å². The van der Waals surface area contributed by atoms with Gasteiger partial charge in [0.05, 0.1) is 0 Å². The third kappa shape index (κ3) is 7.89. The molecular formula is C60H65Cl2SiZr. The zero-order valence-electron chi connectivity index (χ0n) is 38.9. The Morgan fingerprint density at radius 3 is 1.00 bits per heavy atom. The van der Waals surface area contributed by atoms with Gasteiger partial charge in [-0.1, -0.05) is 0 Å². The van der Waals surface area contributed by atoms with Crippen LogP contribution >= 0.6 is 17.0 Å². The van der Waals surface area contributed by atoms with E-state index in [4.69, 9.17) is 0 Å². The SMILES string of the molecule is Cc1ccc(-c2ccc(-c3ccc(C)cc3)c3c2C=C(CC2CCCC2)[CH]3[Zr]([Cl])([Cl])([CH]2C(CC3CCCC3)=Cc3c(-c4ccc(C)cc4)ccc(-c4ccc(C)cc4)c32)[SiH](C)C)cc1. The van der Waals surface area contributed by atoms with Crippen molar-refractivity contribution >= 4 is 35.1 Å². The summed E-state index contributed by atoms with van der Waals surface area (Å²) in [6.07, 6.45) is 17.9. The molecule has 2 saturated carbocycles. The fourth-order valence-electron chi connectivity index (χ4n) is 12.6. The second-order valence-electron chi connectivity index (χ2n) is 20.8. The van der Waals surface area contributed by atoms with Crippen LogP contribution in [0, 0.1) is 39.5 Å². The molecule has 0 aromatic heterocycles. The molecule has 0 aliphatic heterocycles. The first-order chi connectivity index (χ1) is 30.9. The van der Waals surface area contributed by atoms with E-state index in [0.29, 0.717) is 11.8 Å². The normalized spacial score (nSPS) is 19.4. The summed E-state index contributed by atoms with van der Waals surface area (Å²) in [7, 11) is 19.0. The quantitative estimate of drug-likeness (QED) is 0.114. The molecule has 2 unspecified atom stereocenters. The average Bonchev–Trinajstić information content (AvgIpc) is 4.13. The molecule has 327 valence electrons. The van der Waals surface area contributed by atoms with Gasteiger partial charge in [0.25, 0.3) is 0 Å². The summed E-state index contributed by atoms with van der Waals surface area (Å²) < 4.78 is 0.0103. The van der Waals surface area contributed by atoms with Gasteiger partial charge in [0.2, 0.25) is 0 Å². The zero-order valence-corrected chi connectivity index (χ0v) is 44.0. The Labute approximate surface area is 393 Å². The number of rotatable bonds is 11. The molecule has 0 heterocycles. The van der Waals surface area contributed by atoms with E-state index in [1.165, 1.54) is 152 Å². The maximum absolute atomic E-state index is 9.52. The van der Waals surface area contributed by atoms with E-state index in [9.17, 15) is 17.0 Å². The Hall–Kier alpha value is -3.52. The van der Waals surface area contributed by atoms with Gasteiger partial charge in [0.15, 0.2) is 0 Å². The molecule has 6 aromatic rings. The third-order valence-corrected chi connectivity index (χ3v) is 67.9. The van der Waals surface area contributed by atoms with Gasteiger partial charge in [-0.25, -0.2) is 0 Å². The van der Waals surface area contributed by atoms with E-state index in [1.807, 2.05) is 0 Å². The molecule has 2 atom stereocenters. The Bertz CT molecular complexity index is 2580. The molecule has 0 N–H and O–H groups in total. The molecule has 0 amide bonds. The van der Waals surface area contributed by atoms with Crippen LogP contribution in [0.4, 0.5) is 0 Å². The molecule has 4 heteroatoms. The van der Waals surface area contributed by atoms with Crippen molar-refractivity contribution in [3.05, 3.63) is 177 Å². The minimum absolute atomic E-state index is 0.00516. The van der Waals surface area contributed by atoms with Gasteiger partial charge < -0.3 is 0 Å².